The van der Waals surface area contributed by atoms with Crippen molar-refractivity contribution < 1.29 is 47.7 Å². The molecule has 0 atom stereocenters. The van der Waals surface area contributed by atoms with Gasteiger partial charge in [-0.1, -0.05) is 0 Å². The highest BCUT2D eigenvalue weighted by atomic mass is 16.7. The predicted octanol–water partition coefficient (Wildman–Crippen LogP) is -0.387. The summed E-state index contributed by atoms with van der Waals surface area (Å²) in [6.45, 7) is 2.55. The molecule has 1 fully saturated rings. The van der Waals surface area contributed by atoms with Gasteiger partial charge in [-0.2, -0.15) is 0 Å². The number of hydrogen-bond donors (Lipinski definition) is 0. The lowest BCUT2D eigenvalue weighted by molar-refractivity contribution is -0.198. The fourth-order valence-corrected chi connectivity index (χ4v) is 1.98. The van der Waals surface area contributed by atoms with E-state index in [0.717, 1.165) is 0 Å². The molecule has 0 spiro atoms. The molecule has 0 aliphatic carbocycles. The molecule has 0 aromatic heterocycles. The Bertz CT molecular complexity index is 494. The summed E-state index contributed by atoms with van der Waals surface area (Å²) < 4.78 is 25.4. The second-order valence-corrected chi connectivity index (χ2v) is 5.57. The number of esters is 1. The van der Waals surface area contributed by atoms with Crippen molar-refractivity contribution in [3.63, 3.8) is 0 Å². The van der Waals surface area contributed by atoms with Crippen LogP contribution in [0.15, 0.2) is 0 Å². The van der Waals surface area contributed by atoms with Crippen molar-refractivity contribution in [3.8, 4) is 0 Å². The van der Waals surface area contributed by atoms with Gasteiger partial charge < -0.3 is 28.5 Å². The predicted molar refractivity (Wildman–Crippen MR) is 91.7 cm³/mol. The standard InChI is InChI=1S/C17H27NO10/c1-23-16(21)4-6-24-8-10-26-12-13-27-11-9-25-7-5-17(22)28-18-14(19)2-3-15(18)20/h2-13H2,1H3. The van der Waals surface area contributed by atoms with Gasteiger partial charge in [0.15, 0.2) is 0 Å². The van der Waals surface area contributed by atoms with Crippen molar-refractivity contribution in [1.82, 2.24) is 5.06 Å². The van der Waals surface area contributed by atoms with Crippen LogP contribution in [0.25, 0.3) is 0 Å². The molecule has 1 aliphatic rings. The number of hydroxylamine groups is 2. The summed E-state index contributed by atoms with van der Waals surface area (Å²) >= 11 is 0. The third-order valence-electron chi connectivity index (χ3n) is 3.44. The van der Waals surface area contributed by atoms with E-state index >= 15 is 0 Å². The van der Waals surface area contributed by atoms with Gasteiger partial charge in [0, 0.05) is 12.8 Å². The van der Waals surface area contributed by atoms with Gasteiger partial charge in [-0.25, -0.2) is 4.79 Å². The average molecular weight is 405 g/mol. The smallest absolute Gasteiger partial charge is 0.335 e. The molecule has 0 aromatic carbocycles. The SMILES string of the molecule is COC(=O)CCOCCOCCOCCOCCC(=O)ON1C(=O)CCC1=O. The Morgan fingerprint density at radius 1 is 0.714 bits per heavy atom. The van der Waals surface area contributed by atoms with E-state index in [0.29, 0.717) is 44.7 Å². The number of amides is 2. The molecular weight excluding hydrogens is 378 g/mol. The summed E-state index contributed by atoms with van der Waals surface area (Å²) in [7, 11) is 1.33. The molecule has 0 bridgehead atoms. The van der Waals surface area contributed by atoms with Crippen LogP contribution in [0.4, 0.5) is 0 Å². The van der Waals surface area contributed by atoms with Gasteiger partial charge in [-0.15, -0.1) is 5.06 Å². The van der Waals surface area contributed by atoms with Crippen LogP contribution in [0.5, 0.6) is 0 Å². The Balaban J connectivity index is 1.82. The van der Waals surface area contributed by atoms with E-state index in [9.17, 15) is 19.2 Å². The first-order valence-electron chi connectivity index (χ1n) is 8.99. The normalized spacial score (nSPS) is 13.8. The first-order chi connectivity index (χ1) is 13.5. The fourth-order valence-electron chi connectivity index (χ4n) is 1.98. The molecular formula is C17H27NO10. The monoisotopic (exact) mass is 405 g/mol. The van der Waals surface area contributed by atoms with Gasteiger partial charge in [0.1, 0.15) is 0 Å². The second kappa shape index (κ2) is 14.9. The lowest BCUT2D eigenvalue weighted by Gasteiger charge is -2.12. The van der Waals surface area contributed by atoms with Crippen LogP contribution < -0.4 is 0 Å². The van der Waals surface area contributed by atoms with Crippen LogP contribution in [0.1, 0.15) is 25.7 Å². The van der Waals surface area contributed by atoms with E-state index in [2.05, 4.69) is 4.74 Å². The average Bonchev–Trinajstić information content (AvgIpc) is 2.99. The minimum Gasteiger partial charge on any atom is -0.469 e. The third-order valence-corrected chi connectivity index (χ3v) is 3.44. The van der Waals surface area contributed by atoms with Crippen molar-refractivity contribution in [3.05, 3.63) is 0 Å². The number of carbonyl (C=O) groups excluding carboxylic acids is 4. The number of ether oxygens (including phenoxy) is 5. The van der Waals surface area contributed by atoms with Crippen LogP contribution >= 0.6 is 0 Å². The van der Waals surface area contributed by atoms with Crippen molar-refractivity contribution >= 4 is 23.8 Å². The highest BCUT2D eigenvalue weighted by Gasteiger charge is 2.32. The minimum absolute atomic E-state index is 0.0616. The lowest BCUT2D eigenvalue weighted by atomic mass is 10.4. The number of carbonyl (C=O) groups is 4. The van der Waals surface area contributed by atoms with Gasteiger partial charge in [-0.3, -0.25) is 14.4 Å². The summed E-state index contributed by atoms with van der Waals surface area (Å²) in [5, 5.41) is 0.510. The van der Waals surface area contributed by atoms with Crippen LogP contribution in [0.2, 0.25) is 0 Å². The largest absolute Gasteiger partial charge is 0.469 e. The molecule has 0 radical (unpaired) electrons. The molecule has 28 heavy (non-hydrogen) atoms. The molecule has 1 heterocycles. The number of imide groups is 1. The van der Waals surface area contributed by atoms with Crippen LogP contribution in [0.3, 0.4) is 0 Å². The Morgan fingerprint density at radius 3 is 1.54 bits per heavy atom. The van der Waals surface area contributed by atoms with Crippen molar-refractivity contribution in [2.75, 3.05) is 60.0 Å². The minimum atomic E-state index is -0.702. The zero-order valence-electron chi connectivity index (χ0n) is 16.0. The first kappa shape index (κ1) is 24.0. The summed E-state index contributed by atoms with van der Waals surface area (Å²) in [5.41, 5.74) is 0. The number of rotatable bonds is 16. The molecule has 11 heteroatoms. The summed E-state index contributed by atoms with van der Waals surface area (Å²) in [4.78, 5) is 49.6. The zero-order chi connectivity index (χ0) is 20.6. The number of hydrogen-bond acceptors (Lipinski definition) is 10. The van der Waals surface area contributed by atoms with Gasteiger partial charge in [0.2, 0.25) is 0 Å². The van der Waals surface area contributed by atoms with Crippen molar-refractivity contribution in [2.24, 2.45) is 0 Å². The van der Waals surface area contributed by atoms with E-state index in [-0.39, 0.29) is 44.9 Å². The number of methoxy groups -OCH3 is 1. The van der Waals surface area contributed by atoms with Crippen molar-refractivity contribution in [1.29, 1.82) is 0 Å². The second-order valence-electron chi connectivity index (χ2n) is 5.57. The zero-order valence-corrected chi connectivity index (χ0v) is 16.0. The van der Waals surface area contributed by atoms with Crippen LogP contribution in [-0.2, 0) is 47.7 Å². The summed E-state index contributed by atoms with van der Waals surface area (Å²) in [5.74, 6) is -2.04. The third kappa shape index (κ3) is 10.9. The van der Waals surface area contributed by atoms with Crippen molar-refractivity contribution in [2.45, 2.75) is 25.7 Å². The Morgan fingerprint density at radius 2 is 1.11 bits per heavy atom. The Hall–Kier alpha value is -2.08. The summed E-state index contributed by atoms with van der Waals surface area (Å²) in [6.07, 6.45) is 0.264. The van der Waals surface area contributed by atoms with E-state index in [1.165, 1.54) is 7.11 Å². The van der Waals surface area contributed by atoms with Crippen LogP contribution in [0, 0.1) is 0 Å². The van der Waals surface area contributed by atoms with E-state index in [1.807, 2.05) is 0 Å². The highest BCUT2D eigenvalue weighted by molar-refractivity contribution is 6.01. The lowest BCUT2D eigenvalue weighted by Crippen LogP contribution is -2.32. The Kier molecular flexibility index (Phi) is 12.8. The quantitative estimate of drug-likeness (QED) is 0.190. The molecule has 0 saturated carbocycles. The Labute approximate surface area is 163 Å². The van der Waals surface area contributed by atoms with E-state index < -0.39 is 17.8 Å². The van der Waals surface area contributed by atoms with E-state index in [4.69, 9.17) is 23.8 Å². The van der Waals surface area contributed by atoms with Crippen LogP contribution in [-0.4, -0.2) is 88.8 Å². The molecule has 2 amide bonds. The molecule has 1 rings (SSSR count). The molecule has 0 N–H and O–H groups in total. The molecule has 1 aliphatic heterocycles. The van der Waals surface area contributed by atoms with Gasteiger partial charge >= 0.3 is 11.9 Å². The molecule has 0 unspecified atom stereocenters. The molecule has 1 saturated heterocycles. The highest BCUT2D eigenvalue weighted by Crippen LogP contribution is 2.12. The topological polar surface area (TPSA) is 127 Å². The maximum atomic E-state index is 11.5. The fraction of sp³-hybridized carbons (Fsp3) is 0.765. The molecule has 11 nitrogen and oxygen atoms in total. The first-order valence-corrected chi connectivity index (χ1v) is 8.99. The van der Waals surface area contributed by atoms with E-state index in [1.54, 1.807) is 0 Å². The molecule has 160 valence electrons. The molecule has 0 aromatic rings. The van der Waals surface area contributed by atoms with Gasteiger partial charge in [0.05, 0.1) is 72.8 Å². The summed E-state index contributed by atoms with van der Waals surface area (Å²) in [6, 6.07) is 0. The maximum Gasteiger partial charge on any atom is 0.335 e. The number of nitrogens with zero attached hydrogens (tertiary/aromatic N) is 1. The van der Waals surface area contributed by atoms with Gasteiger partial charge in [-0.05, 0) is 0 Å². The van der Waals surface area contributed by atoms with Gasteiger partial charge in [0.25, 0.3) is 11.8 Å². The maximum absolute atomic E-state index is 11.5.